The third-order valence-electron chi connectivity index (χ3n) is 5.52. The van der Waals surface area contributed by atoms with Crippen LogP contribution >= 0.6 is 0 Å². The zero-order chi connectivity index (χ0) is 21.1. The first-order valence-electron chi connectivity index (χ1n) is 10.2. The molecule has 30 heavy (non-hydrogen) atoms. The number of pyridine rings is 1. The standard InChI is InChI=1S/C25H26N2O3/c1-17-7-10-25(26-14-17)30-21-11-12-27(15-21)24-9-8-19(13-20(24)16-28)23-6-4-3-5-22(23)18(2)29/h3-10,13-14,21,28H,11-12,15-16H2,1-2H3/t21-/m0/s1. The first-order valence-corrected chi connectivity index (χ1v) is 10.2. The number of carbonyl (C=O) groups excluding carboxylic acids is 1. The monoisotopic (exact) mass is 402 g/mol. The van der Waals surface area contributed by atoms with Gasteiger partial charge in [0.15, 0.2) is 5.78 Å². The fourth-order valence-electron chi connectivity index (χ4n) is 3.97. The van der Waals surface area contributed by atoms with E-state index in [1.807, 2.05) is 67.7 Å². The summed E-state index contributed by atoms with van der Waals surface area (Å²) in [6, 6.07) is 17.5. The lowest BCUT2D eigenvalue weighted by atomic mass is 9.95. The molecule has 0 radical (unpaired) electrons. The zero-order valence-corrected chi connectivity index (χ0v) is 17.3. The molecule has 0 unspecified atom stereocenters. The van der Waals surface area contributed by atoms with Crippen molar-refractivity contribution in [2.75, 3.05) is 18.0 Å². The van der Waals surface area contributed by atoms with E-state index in [1.165, 1.54) is 0 Å². The summed E-state index contributed by atoms with van der Waals surface area (Å²) in [5.74, 6) is 0.676. The molecule has 3 aromatic rings. The van der Waals surface area contributed by atoms with Crippen LogP contribution in [0.5, 0.6) is 5.88 Å². The summed E-state index contributed by atoms with van der Waals surface area (Å²) in [4.78, 5) is 18.6. The fraction of sp³-hybridized carbons (Fsp3) is 0.280. The third-order valence-corrected chi connectivity index (χ3v) is 5.52. The molecule has 0 aliphatic carbocycles. The molecule has 5 nitrogen and oxygen atoms in total. The number of Topliss-reactive ketones (excluding diaryl/α,β-unsaturated/α-hetero) is 1. The summed E-state index contributed by atoms with van der Waals surface area (Å²) in [6.07, 6.45) is 2.77. The molecule has 0 saturated carbocycles. The second-order valence-corrected chi connectivity index (χ2v) is 7.75. The number of hydrogen-bond donors (Lipinski definition) is 1. The van der Waals surface area contributed by atoms with Crippen LogP contribution in [0.25, 0.3) is 11.1 Å². The fourth-order valence-corrected chi connectivity index (χ4v) is 3.97. The van der Waals surface area contributed by atoms with E-state index in [9.17, 15) is 9.90 Å². The van der Waals surface area contributed by atoms with Crippen LogP contribution in [0.4, 0.5) is 5.69 Å². The van der Waals surface area contributed by atoms with E-state index in [4.69, 9.17) is 4.74 Å². The summed E-state index contributed by atoms with van der Waals surface area (Å²) in [6.45, 7) is 5.11. The van der Waals surface area contributed by atoms with Gasteiger partial charge in [0.05, 0.1) is 13.2 Å². The highest BCUT2D eigenvalue weighted by Gasteiger charge is 2.26. The molecule has 2 heterocycles. The van der Waals surface area contributed by atoms with Gasteiger partial charge < -0.3 is 14.7 Å². The average Bonchev–Trinajstić information content (AvgIpc) is 3.23. The van der Waals surface area contributed by atoms with Crippen LogP contribution < -0.4 is 9.64 Å². The lowest BCUT2D eigenvalue weighted by molar-refractivity contribution is 0.101. The normalized spacial score (nSPS) is 16.0. The minimum absolute atomic E-state index is 0.0319. The molecular weight excluding hydrogens is 376 g/mol. The van der Waals surface area contributed by atoms with Crippen LogP contribution in [0, 0.1) is 6.92 Å². The smallest absolute Gasteiger partial charge is 0.213 e. The number of benzene rings is 2. The Morgan fingerprint density at radius 3 is 2.77 bits per heavy atom. The Balaban J connectivity index is 1.54. The van der Waals surface area contributed by atoms with Crippen molar-refractivity contribution in [2.45, 2.75) is 33.0 Å². The maximum Gasteiger partial charge on any atom is 0.213 e. The number of anilines is 1. The molecule has 0 amide bonds. The van der Waals surface area contributed by atoms with E-state index >= 15 is 0 Å². The van der Waals surface area contributed by atoms with Gasteiger partial charge in [-0.15, -0.1) is 0 Å². The summed E-state index contributed by atoms with van der Waals surface area (Å²) in [5, 5.41) is 10.0. The predicted molar refractivity (Wildman–Crippen MR) is 118 cm³/mol. The minimum atomic E-state index is -0.0625. The molecule has 154 valence electrons. The highest BCUT2D eigenvalue weighted by Crippen LogP contribution is 2.32. The average molecular weight is 402 g/mol. The van der Waals surface area contributed by atoms with Crippen LogP contribution in [0.1, 0.15) is 34.8 Å². The molecule has 1 saturated heterocycles. The van der Waals surface area contributed by atoms with E-state index in [0.29, 0.717) is 11.4 Å². The van der Waals surface area contributed by atoms with Crippen molar-refractivity contribution in [1.29, 1.82) is 0 Å². The largest absolute Gasteiger partial charge is 0.472 e. The van der Waals surface area contributed by atoms with Crippen molar-refractivity contribution >= 4 is 11.5 Å². The molecule has 1 N–H and O–H groups in total. The maximum atomic E-state index is 12.0. The van der Waals surface area contributed by atoms with Crippen LogP contribution in [-0.4, -0.2) is 35.1 Å². The number of hydrogen-bond acceptors (Lipinski definition) is 5. The highest BCUT2D eigenvalue weighted by atomic mass is 16.5. The number of aromatic nitrogens is 1. The topological polar surface area (TPSA) is 62.7 Å². The van der Waals surface area contributed by atoms with Crippen LogP contribution in [0.2, 0.25) is 0 Å². The van der Waals surface area contributed by atoms with Gasteiger partial charge in [-0.05, 0) is 42.7 Å². The molecule has 0 bridgehead atoms. The first kappa shape index (κ1) is 20.1. The van der Waals surface area contributed by atoms with Crippen LogP contribution in [-0.2, 0) is 6.61 Å². The molecule has 1 aliphatic rings. The van der Waals surface area contributed by atoms with E-state index in [1.54, 1.807) is 6.92 Å². The molecule has 0 spiro atoms. The molecule has 5 heteroatoms. The van der Waals surface area contributed by atoms with Crippen molar-refractivity contribution in [2.24, 2.45) is 0 Å². The molecule has 1 fully saturated rings. The molecular formula is C25H26N2O3. The molecule has 4 rings (SSSR count). The zero-order valence-electron chi connectivity index (χ0n) is 17.3. The lowest BCUT2D eigenvalue weighted by Gasteiger charge is -2.22. The van der Waals surface area contributed by atoms with Gasteiger partial charge in [-0.25, -0.2) is 4.98 Å². The Morgan fingerprint density at radius 2 is 2.03 bits per heavy atom. The van der Waals surface area contributed by atoms with Gasteiger partial charge in [0.2, 0.25) is 5.88 Å². The van der Waals surface area contributed by atoms with Gasteiger partial charge in [-0.1, -0.05) is 36.4 Å². The van der Waals surface area contributed by atoms with Gasteiger partial charge in [-0.2, -0.15) is 0 Å². The Kier molecular flexibility index (Phi) is 5.81. The highest BCUT2D eigenvalue weighted by molar-refractivity contribution is 6.00. The SMILES string of the molecule is CC(=O)c1ccccc1-c1ccc(N2CC[C@H](Oc3ccc(C)cn3)C2)c(CO)c1. The lowest BCUT2D eigenvalue weighted by Crippen LogP contribution is -2.25. The van der Waals surface area contributed by atoms with Crippen LogP contribution in [0.15, 0.2) is 60.8 Å². The number of ether oxygens (including phenoxy) is 1. The summed E-state index contributed by atoms with van der Waals surface area (Å²) in [5.41, 5.74) is 5.47. The number of ketones is 1. The van der Waals surface area contributed by atoms with Gasteiger partial charge in [0.25, 0.3) is 0 Å². The number of aliphatic hydroxyl groups is 1. The molecule has 1 aromatic heterocycles. The van der Waals surface area contributed by atoms with Crippen molar-refractivity contribution in [3.05, 3.63) is 77.5 Å². The van der Waals surface area contributed by atoms with Gasteiger partial charge in [0.1, 0.15) is 6.10 Å². The Hall–Kier alpha value is -3.18. The molecule has 2 aromatic carbocycles. The van der Waals surface area contributed by atoms with Gasteiger partial charge in [0, 0.05) is 42.0 Å². The maximum absolute atomic E-state index is 12.0. The Labute approximate surface area is 177 Å². The Bertz CT molecular complexity index is 1050. The van der Waals surface area contributed by atoms with E-state index in [2.05, 4.69) is 9.88 Å². The summed E-state index contributed by atoms with van der Waals surface area (Å²) < 4.78 is 6.04. The summed E-state index contributed by atoms with van der Waals surface area (Å²) >= 11 is 0. The van der Waals surface area contributed by atoms with Gasteiger partial charge in [-0.3, -0.25) is 4.79 Å². The number of rotatable bonds is 6. The molecule has 1 aliphatic heterocycles. The predicted octanol–water partition coefficient (Wildman–Crippen LogP) is 4.41. The third kappa shape index (κ3) is 4.21. The van der Waals surface area contributed by atoms with Crippen molar-refractivity contribution < 1.29 is 14.6 Å². The molecule has 1 atom stereocenters. The van der Waals surface area contributed by atoms with E-state index in [-0.39, 0.29) is 18.5 Å². The number of aryl methyl sites for hydroxylation is 1. The van der Waals surface area contributed by atoms with Gasteiger partial charge >= 0.3 is 0 Å². The minimum Gasteiger partial charge on any atom is -0.472 e. The quantitative estimate of drug-likeness (QED) is 0.619. The second-order valence-electron chi connectivity index (χ2n) is 7.75. The van der Waals surface area contributed by atoms with Crippen LogP contribution in [0.3, 0.4) is 0 Å². The Morgan fingerprint density at radius 1 is 1.20 bits per heavy atom. The number of nitrogens with zero attached hydrogens (tertiary/aromatic N) is 2. The second kappa shape index (κ2) is 8.67. The summed E-state index contributed by atoms with van der Waals surface area (Å²) in [7, 11) is 0. The van der Waals surface area contributed by atoms with Crippen molar-refractivity contribution in [3.63, 3.8) is 0 Å². The number of aliphatic hydroxyl groups excluding tert-OH is 1. The first-order chi connectivity index (χ1) is 14.5. The van der Waals surface area contributed by atoms with Crippen molar-refractivity contribution in [1.82, 2.24) is 4.98 Å². The van der Waals surface area contributed by atoms with E-state index in [0.717, 1.165) is 47.5 Å². The van der Waals surface area contributed by atoms with E-state index < -0.39 is 0 Å². The van der Waals surface area contributed by atoms with Crippen molar-refractivity contribution in [3.8, 4) is 17.0 Å². The number of carbonyl (C=O) groups is 1.